The van der Waals surface area contributed by atoms with Gasteiger partial charge in [-0.05, 0) is 49.7 Å². The van der Waals surface area contributed by atoms with Gasteiger partial charge in [-0.15, -0.1) is 0 Å². The Labute approximate surface area is 129 Å². The summed E-state index contributed by atoms with van der Waals surface area (Å²) in [7, 11) is 1.93. The van der Waals surface area contributed by atoms with Crippen molar-refractivity contribution in [2.45, 2.75) is 20.8 Å². The largest absolute Gasteiger partial charge is 0.330 e. The molecule has 0 saturated carbocycles. The summed E-state index contributed by atoms with van der Waals surface area (Å²) in [6, 6.07) is 5.77. The summed E-state index contributed by atoms with van der Waals surface area (Å²) in [5.74, 6) is -0.0120. The van der Waals surface area contributed by atoms with Gasteiger partial charge in [-0.1, -0.05) is 29.8 Å². The van der Waals surface area contributed by atoms with Gasteiger partial charge in [0.25, 0.3) is 0 Å². The monoisotopic (exact) mass is 341 g/mol. The van der Waals surface area contributed by atoms with E-state index in [1.165, 1.54) is 0 Å². The minimum atomic E-state index is -0.0120. The van der Waals surface area contributed by atoms with E-state index in [1.54, 1.807) is 0 Å². The number of carbonyl (C=O) groups excluding carboxylic acids is 1. The van der Waals surface area contributed by atoms with Crippen LogP contribution in [0.4, 0.5) is 5.69 Å². The fourth-order valence-electron chi connectivity index (χ4n) is 2.02. The molecule has 0 fully saturated rings. The molecule has 0 unspecified atom stereocenters. The maximum absolute atomic E-state index is 12.0. The molecule has 0 aliphatic carbocycles. The third-order valence-corrected chi connectivity index (χ3v) is 4.00. The van der Waals surface area contributed by atoms with Crippen LogP contribution in [-0.4, -0.2) is 37.5 Å². The molecule has 112 valence electrons. The number of benzene rings is 1. The molecule has 0 aliphatic rings. The summed E-state index contributed by atoms with van der Waals surface area (Å²) in [5.41, 5.74) is 7.64. The summed E-state index contributed by atoms with van der Waals surface area (Å²) in [6.45, 7) is 7.94. The van der Waals surface area contributed by atoms with E-state index in [0.717, 1.165) is 22.3 Å². The number of nitrogens with one attached hydrogen (secondary N) is 1. The maximum atomic E-state index is 12.0. The molecule has 20 heavy (non-hydrogen) atoms. The minimum absolute atomic E-state index is 0.0120. The zero-order chi connectivity index (χ0) is 15.3. The normalized spacial score (nSPS) is 11.8. The van der Waals surface area contributed by atoms with E-state index in [2.05, 4.69) is 35.1 Å². The molecule has 1 aromatic rings. The average molecular weight is 342 g/mol. The van der Waals surface area contributed by atoms with Gasteiger partial charge in [-0.25, -0.2) is 0 Å². The smallest absolute Gasteiger partial charge is 0.238 e. The number of carbonyl (C=O) groups is 1. The number of rotatable bonds is 6. The van der Waals surface area contributed by atoms with Gasteiger partial charge >= 0.3 is 0 Å². The number of likely N-dealkylation sites (N-methyl/N-ethyl adjacent to an activating group) is 1. The summed E-state index contributed by atoms with van der Waals surface area (Å²) in [6.07, 6.45) is 0. The lowest BCUT2D eigenvalue weighted by Crippen LogP contribution is -2.40. The lowest BCUT2D eigenvalue weighted by Gasteiger charge is -2.28. The van der Waals surface area contributed by atoms with Crippen molar-refractivity contribution in [3.05, 3.63) is 28.2 Å². The van der Waals surface area contributed by atoms with E-state index in [4.69, 9.17) is 5.73 Å². The Morgan fingerprint density at radius 1 is 1.45 bits per heavy atom. The van der Waals surface area contributed by atoms with Crippen molar-refractivity contribution >= 4 is 27.5 Å². The van der Waals surface area contributed by atoms with E-state index in [1.807, 2.05) is 37.1 Å². The van der Waals surface area contributed by atoms with Crippen LogP contribution in [0.2, 0.25) is 0 Å². The molecular weight excluding hydrogens is 318 g/mol. The van der Waals surface area contributed by atoms with Gasteiger partial charge < -0.3 is 11.1 Å². The second-order valence-corrected chi connectivity index (χ2v) is 6.91. The quantitative estimate of drug-likeness (QED) is 0.836. The molecule has 0 bridgehead atoms. The molecule has 3 N–H and O–H groups in total. The first kappa shape index (κ1) is 17.1. The van der Waals surface area contributed by atoms with Crippen molar-refractivity contribution in [1.82, 2.24) is 4.90 Å². The Morgan fingerprint density at radius 3 is 2.65 bits per heavy atom. The number of halogens is 1. The molecule has 1 aromatic carbocycles. The van der Waals surface area contributed by atoms with Crippen LogP contribution < -0.4 is 11.1 Å². The highest BCUT2D eigenvalue weighted by Crippen LogP contribution is 2.20. The highest BCUT2D eigenvalue weighted by molar-refractivity contribution is 9.10. The number of nitrogens with zero attached hydrogens (tertiary/aromatic N) is 1. The van der Waals surface area contributed by atoms with Crippen LogP contribution in [0.15, 0.2) is 22.7 Å². The lowest BCUT2D eigenvalue weighted by atomic mass is 9.93. The number of nitrogens with two attached hydrogens (primary N) is 1. The molecule has 0 atom stereocenters. The average Bonchev–Trinajstić information content (AvgIpc) is 2.33. The van der Waals surface area contributed by atoms with Gasteiger partial charge in [0.05, 0.1) is 6.54 Å². The molecule has 0 heterocycles. The predicted octanol–water partition coefficient (Wildman–Crippen LogP) is 2.61. The van der Waals surface area contributed by atoms with Crippen LogP contribution in [0.25, 0.3) is 0 Å². The number of anilines is 1. The molecule has 1 rings (SSSR count). The molecule has 0 saturated heterocycles. The van der Waals surface area contributed by atoms with Crippen molar-refractivity contribution in [2.75, 3.05) is 32.0 Å². The first-order valence-corrected chi connectivity index (χ1v) is 7.47. The molecule has 4 nitrogen and oxygen atoms in total. The second kappa shape index (κ2) is 7.20. The first-order chi connectivity index (χ1) is 9.23. The highest BCUT2D eigenvalue weighted by Gasteiger charge is 2.19. The van der Waals surface area contributed by atoms with Crippen LogP contribution in [-0.2, 0) is 4.79 Å². The summed E-state index contributed by atoms with van der Waals surface area (Å²) >= 11 is 3.44. The van der Waals surface area contributed by atoms with Gasteiger partial charge in [0.2, 0.25) is 5.91 Å². The number of amides is 1. The van der Waals surface area contributed by atoms with E-state index in [-0.39, 0.29) is 11.3 Å². The summed E-state index contributed by atoms with van der Waals surface area (Å²) in [5, 5.41) is 2.91. The van der Waals surface area contributed by atoms with E-state index in [0.29, 0.717) is 13.1 Å². The fourth-order valence-corrected chi connectivity index (χ4v) is 2.27. The third kappa shape index (κ3) is 5.61. The van der Waals surface area contributed by atoms with Gasteiger partial charge in [-0.2, -0.15) is 0 Å². The molecule has 0 radical (unpaired) electrons. The first-order valence-electron chi connectivity index (χ1n) is 6.68. The second-order valence-electron chi connectivity index (χ2n) is 6.05. The SMILES string of the molecule is Cc1cc(NC(=O)CN(C)CC(C)(C)CN)ccc1Br. The fraction of sp³-hybridized carbons (Fsp3) is 0.533. The van der Waals surface area contributed by atoms with Crippen molar-refractivity contribution in [2.24, 2.45) is 11.1 Å². The minimum Gasteiger partial charge on any atom is -0.330 e. The van der Waals surface area contributed by atoms with E-state index in [9.17, 15) is 4.79 Å². The number of hydrogen-bond donors (Lipinski definition) is 2. The van der Waals surface area contributed by atoms with Gasteiger partial charge in [0, 0.05) is 16.7 Å². The van der Waals surface area contributed by atoms with E-state index < -0.39 is 0 Å². The molecule has 0 aliphatic heterocycles. The Kier molecular flexibility index (Phi) is 6.17. The molecule has 0 spiro atoms. The van der Waals surface area contributed by atoms with Crippen molar-refractivity contribution < 1.29 is 4.79 Å². The molecule has 1 amide bonds. The Balaban J connectivity index is 2.53. The Morgan fingerprint density at radius 2 is 2.10 bits per heavy atom. The van der Waals surface area contributed by atoms with Crippen molar-refractivity contribution in [3.63, 3.8) is 0 Å². The zero-order valence-electron chi connectivity index (χ0n) is 12.7. The van der Waals surface area contributed by atoms with Crippen LogP contribution in [0, 0.1) is 12.3 Å². The van der Waals surface area contributed by atoms with Crippen LogP contribution in [0.1, 0.15) is 19.4 Å². The molecular formula is C15H24BrN3O. The van der Waals surface area contributed by atoms with Gasteiger partial charge in [0.15, 0.2) is 0 Å². The predicted molar refractivity (Wildman–Crippen MR) is 87.8 cm³/mol. The van der Waals surface area contributed by atoms with Crippen LogP contribution in [0.5, 0.6) is 0 Å². The maximum Gasteiger partial charge on any atom is 0.238 e. The zero-order valence-corrected chi connectivity index (χ0v) is 14.3. The van der Waals surface area contributed by atoms with Crippen LogP contribution in [0.3, 0.4) is 0 Å². The number of aryl methyl sites for hydroxylation is 1. The topological polar surface area (TPSA) is 58.4 Å². The van der Waals surface area contributed by atoms with Gasteiger partial charge in [-0.3, -0.25) is 9.69 Å². The van der Waals surface area contributed by atoms with E-state index >= 15 is 0 Å². The Bertz CT molecular complexity index is 474. The Hall–Kier alpha value is -0.910. The molecule has 0 aromatic heterocycles. The standard InChI is InChI=1S/C15H24BrN3O/c1-11-7-12(5-6-13(11)16)18-14(20)8-19(4)10-15(2,3)9-17/h5-7H,8-10,17H2,1-4H3,(H,18,20). The summed E-state index contributed by atoms with van der Waals surface area (Å²) in [4.78, 5) is 14.0. The highest BCUT2D eigenvalue weighted by atomic mass is 79.9. The third-order valence-electron chi connectivity index (χ3n) is 3.11. The van der Waals surface area contributed by atoms with Crippen molar-refractivity contribution in [3.8, 4) is 0 Å². The lowest BCUT2D eigenvalue weighted by molar-refractivity contribution is -0.117. The van der Waals surface area contributed by atoms with Crippen molar-refractivity contribution in [1.29, 1.82) is 0 Å². The summed E-state index contributed by atoms with van der Waals surface area (Å²) < 4.78 is 1.04. The van der Waals surface area contributed by atoms with Crippen LogP contribution >= 0.6 is 15.9 Å². The molecule has 5 heteroatoms. The number of hydrogen-bond acceptors (Lipinski definition) is 3. The van der Waals surface area contributed by atoms with Gasteiger partial charge in [0.1, 0.15) is 0 Å².